The molecule has 0 aliphatic carbocycles. The molecule has 3 rings (SSSR count). The monoisotopic (exact) mass is 448 g/mol. The van der Waals surface area contributed by atoms with Gasteiger partial charge in [-0.1, -0.05) is 23.7 Å². The van der Waals surface area contributed by atoms with Crippen LogP contribution in [0.3, 0.4) is 0 Å². The number of halogens is 1. The minimum Gasteiger partial charge on any atom is -0.465 e. The van der Waals surface area contributed by atoms with Gasteiger partial charge in [-0.15, -0.1) is 0 Å². The molecule has 0 bridgehead atoms. The Hall–Kier alpha value is -3.17. The second kappa shape index (κ2) is 8.68. The average molecular weight is 449 g/mol. The number of benzene rings is 2. The summed E-state index contributed by atoms with van der Waals surface area (Å²) in [5, 5.41) is 4.66. The number of aromatic nitrogens is 2. The van der Waals surface area contributed by atoms with Crippen LogP contribution >= 0.6 is 11.6 Å². The fourth-order valence-electron chi connectivity index (χ4n) is 2.82. The van der Waals surface area contributed by atoms with Crippen LogP contribution in [0.1, 0.15) is 26.5 Å². The van der Waals surface area contributed by atoms with Gasteiger partial charge in [-0.05, 0) is 42.5 Å². The molecule has 0 fully saturated rings. The molecule has 0 saturated heterocycles. The topological polar surface area (TPSA) is 105 Å². The molecular weight excluding hydrogens is 432 g/mol. The molecule has 0 unspecified atom stereocenters. The smallest absolute Gasteiger partial charge is 0.358 e. The lowest BCUT2D eigenvalue weighted by atomic mass is 10.2. The number of esters is 2. The number of rotatable bonds is 6. The summed E-state index contributed by atoms with van der Waals surface area (Å²) in [4.78, 5) is 23.8. The van der Waals surface area contributed by atoms with E-state index in [0.29, 0.717) is 10.7 Å². The summed E-state index contributed by atoms with van der Waals surface area (Å²) in [6, 6.07) is 13.6. The Morgan fingerprint density at radius 1 is 1.00 bits per heavy atom. The van der Waals surface area contributed by atoms with E-state index in [-0.39, 0.29) is 21.8 Å². The van der Waals surface area contributed by atoms with Gasteiger partial charge in [-0.3, -0.25) is 0 Å². The van der Waals surface area contributed by atoms with Gasteiger partial charge in [0.1, 0.15) is 0 Å². The Morgan fingerprint density at radius 3 is 2.27 bits per heavy atom. The molecular formula is C20H17ClN2O6S. The highest BCUT2D eigenvalue weighted by atomic mass is 35.5. The van der Waals surface area contributed by atoms with Gasteiger partial charge in [0.2, 0.25) is 0 Å². The van der Waals surface area contributed by atoms with Crippen molar-refractivity contribution in [1.29, 1.82) is 0 Å². The fraction of sp³-hybridized carbons (Fsp3) is 0.150. The first-order chi connectivity index (χ1) is 14.3. The molecule has 1 heterocycles. The third kappa shape index (κ3) is 4.37. The third-order valence-electron chi connectivity index (χ3n) is 4.21. The maximum Gasteiger partial charge on any atom is 0.358 e. The largest absolute Gasteiger partial charge is 0.465 e. The molecule has 2 aromatic carbocycles. The lowest BCUT2D eigenvalue weighted by Crippen LogP contribution is -2.14. The molecule has 0 saturated carbocycles. The third-order valence-corrected chi connectivity index (χ3v) is 6.17. The van der Waals surface area contributed by atoms with Crippen LogP contribution in [0.4, 0.5) is 0 Å². The number of ether oxygens (including phenoxy) is 2. The van der Waals surface area contributed by atoms with E-state index < -0.39 is 27.5 Å². The highest BCUT2D eigenvalue weighted by molar-refractivity contribution is 7.90. The Kier molecular flexibility index (Phi) is 6.23. The van der Waals surface area contributed by atoms with Crippen LogP contribution in [0, 0.1) is 0 Å². The Balaban J connectivity index is 2.10. The number of sulfone groups is 1. The normalized spacial score (nSPS) is 11.2. The van der Waals surface area contributed by atoms with Gasteiger partial charge >= 0.3 is 11.9 Å². The van der Waals surface area contributed by atoms with Gasteiger partial charge in [0.25, 0.3) is 0 Å². The number of hydrogen-bond donors (Lipinski definition) is 0. The SMILES string of the molecule is COC(=O)c1cc(CS(=O)(=O)c2ccccc2C(=O)OC)n(-c2ccc(Cl)cc2)n1. The van der Waals surface area contributed by atoms with E-state index in [1.165, 1.54) is 43.2 Å². The van der Waals surface area contributed by atoms with Crippen molar-refractivity contribution in [1.82, 2.24) is 9.78 Å². The summed E-state index contributed by atoms with van der Waals surface area (Å²) in [5.41, 5.74) is 0.572. The molecule has 0 aliphatic rings. The van der Waals surface area contributed by atoms with Crippen molar-refractivity contribution < 1.29 is 27.5 Å². The molecule has 3 aromatic rings. The van der Waals surface area contributed by atoms with Gasteiger partial charge in [0.05, 0.1) is 41.8 Å². The molecule has 0 amide bonds. The van der Waals surface area contributed by atoms with Crippen molar-refractivity contribution in [2.45, 2.75) is 10.6 Å². The molecule has 0 N–H and O–H groups in total. The van der Waals surface area contributed by atoms with Gasteiger partial charge in [0.15, 0.2) is 15.5 Å². The zero-order chi connectivity index (χ0) is 21.9. The van der Waals surface area contributed by atoms with E-state index in [2.05, 4.69) is 9.84 Å². The number of methoxy groups -OCH3 is 2. The van der Waals surface area contributed by atoms with Gasteiger partial charge < -0.3 is 9.47 Å². The summed E-state index contributed by atoms with van der Waals surface area (Å²) < 4.78 is 37.0. The van der Waals surface area contributed by atoms with Crippen LogP contribution in [0.15, 0.2) is 59.5 Å². The maximum atomic E-state index is 13.1. The predicted molar refractivity (Wildman–Crippen MR) is 109 cm³/mol. The zero-order valence-corrected chi connectivity index (χ0v) is 17.6. The molecule has 156 valence electrons. The van der Waals surface area contributed by atoms with Crippen molar-refractivity contribution in [2.24, 2.45) is 0 Å². The van der Waals surface area contributed by atoms with Crippen molar-refractivity contribution >= 4 is 33.4 Å². The molecule has 0 atom stereocenters. The second-order valence-corrected chi connectivity index (χ2v) is 8.54. The van der Waals surface area contributed by atoms with E-state index in [4.69, 9.17) is 16.3 Å². The first kappa shape index (κ1) is 21.5. The van der Waals surface area contributed by atoms with Gasteiger partial charge in [-0.2, -0.15) is 5.10 Å². The molecule has 0 aliphatic heterocycles. The van der Waals surface area contributed by atoms with E-state index in [1.54, 1.807) is 30.3 Å². The van der Waals surface area contributed by atoms with E-state index >= 15 is 0 Å². The number of nitrogens with zero attached hydrogens (tertiary/aromatic N) is 2. The summed E-state index contributed by atoms with van der Waals surface area (Å²) >= 11 is 5.92. The average Bonchev–Trinajstić information content (AvgIpc) is 3.16. The fourth-order valence-corrected chi connectivity index (χ4v) is 4.47. The van der Waals surface area contributed by atoms with Crippen molar-refractivity contribution in [3.05, 3.63) is 76.6 Å². The summed E-state index contributed by atoms with van der Waals surface area (Å²) in [6.45, 7) is 0. The second-order valence-electron chi connectivity index (χ2n) is 6.15. The Bertz CT molecular complexity index is 1200. The van der Waals surface area contributed by atoms with Crippen LogP contribution in [-0.2, 0) is 25.1 Å². The molecule has 0 radical (unpaired) electrons. The highest BCUT2D eigenvalue weighted by Gasteiger charge is 2.26. The van der Waals surface area contributed by atoms with Crippen LogP contribution in [0.25, 0.3) is 5.69 Å². The lowest BCUT2D eigenvalue weighted by Gasteiger charge is -2.11. The van der Waals surface area contributed by atoms with Crippen LogP contribution in [-0.4, -0.2) is 44.4 Å². The molecule has 10 heteroatoms. The number of hydrogen-bond acceptors (Lipinski definition) is 7. The highest BCUT2D eigenvalue weighted by Crippen LogP contribution is 2.24. The summed E-state index contributed by atoms with van der Waals surface area (Å²) in [5.74, 6) is -2.00. The quantitative estimate of drug-likeness (QED) is 0.533. The van der Waals surface area contributed by atoms with E-state index in [9.17, 15) is 18.0 Å². The first-order valence-corrected chi connectivity index (χ1v) is 10.6. The van der Waals surface area contributed by atoms with Crippen LogP contribution < -0.4 is 0 Å². The molecule has 8 nitrogen and oxygen atoms in total. The van der Waals surface area contributed by atoms with E-state index in [0.717, 1.165) is 0 Å². The van der Waals surface area contributed by atoms with Crippen molar-refractivity contribution in [2.75, 3.05) is 14.2 Å². The van der Waals surface area contributed by atoms with Gasteiger partial charge in [0, 0.05) is 5.02 Å². The summed E-state index contributed by atoms with van der Waals surface area (Å²) in [7, 11) is -1.63. The zero-order valence-electron chi connectivity index (χ0n) is 16.0. The van der Waals surface area contributed by atoms with Crippen LogP contribution in [0.2, 0.25) is 5.02 Å². The van der Waals surface area contributed by atoms with Crippen molar-refractivity contribution in [3.63, 3.8) is 0 Å². The Morgan fingerprint density at radius 2 is 1.63 bits per heavy atom. The molecule has 30 heavy (non-hydrogen) atoms. The maximum absolute atomic E-state index is 13.1. The number of carbonyl (C=O) groups excluding carboxylic acids is 2. The standard InChI is InChI=1S/C20H17ClN2O6S/c1-28-19(24)16-5-3-4-6-18(16)30(26,27)12-15-11-17(20(25)29-2)22-23(15)14-9-7-13(21)8-10-14/h3-11H,12H2,1-2H3. The lowest BCUT2D eigenvalue weighted by molar-refractivity contribution is 0.0586. The molecule has 1 aromatic heterocycles. The minimum absolute atomic E-state index is 0.0566. The van der Waals surface area contributed by atoms with Gasteiger partial charge in [-0.25, -0.2) is 22.7 Å². The summed E-state index contributed by atoms with van der Waals surface area (Å²) in [6.07, 6.45) is 0. The Labute approximate surface area is 177 Å². The van der Waals surface area contributed by atoms with Crippen molar-refractivity contribution in [3.8, 4) is 5.69 Å². The van der Waals surface area contributed by atoms with Crippen LogP contribution in [0.5, 0.6) is 0 Å². The number of carbonyl (C=O) groups is 2. The minimum atomic E-state index is -4.00. The first-order valence-electron chi connectivity index (χ1n) is 8.60. The van der Waals surface area contributed by atoms with E-state index in [1.807, 2.05) is 0 Å². The predicted octanol–water partition coefficient (Wildman–Crippen LogP) is 3.07. The molecule has 0 spiro atoms.